The highest BCUT2D eigenvalue weighted by Gasteiger charge is 2.16. The molecule has 1 aromatic heterocycles. The van der Waals surface area contributed by atoms with Gasteiger partial charge in [-0.1, -0.05) is 23.9 Å². The molecule has 5 aromatic rings. The van der Waals surface area contributed by atoms with E-state index in [4.69, 9.17) is 23.4 Å². The van der Waals surface area contributed by atoms with Crippen LogP contribution in [0.1, 0.15) is 5.56 Å². The lowest BCUT2D eigenvalue weighted by Crippen LogP contribution is -1.95. The van der Waals surface area contributed by atoms with Crippen molar-refractivity contribution in [3.63, 3.8) is 0 Å². The Morgan fingerprint density at radius 1 is 0.727 bits per heavy atom. The topological polar surface area (TPSA) is 63.0 Å². The summed E-state index contributed by atoms with van der Waals surface area (Å²) in [6.45, 7) is 0. The molecule has 33 heavy (non-hydrogen) atoms. The SMILES string of the molecule is COc1cc2cc(CSc3nc4ccccc4o3)c3cc(OC)c(OC)cc3c2cc1OC. The van der Waals surface area contributed by atoms with Gasteiger partial charge in [0.05, 0.1) is 28.4 Å². The number of methoxy groups -OCH3 is 4. The Morgan fingerprint density at radius 3 is 2.00 bits per heavy atom. The van der Waals surface area contributed by atoms with E-state index in [1.165, 1.54) is 0 Å². The first-order valence-corrected chi connectivity index (χ1v) is 11.4. The second-order valence-electron chi connectivity index (χ2n) is 7.45. The molecule has 4 aromatic carbocycles. The number of hydrogen-bond acceptors (Lipinski definition) is 7. The van der Waals surface area contributed by atoms with Gasteiger partial charge in [0.2, 0.25) is 0 Å². The average molecular weight is 462 g/mol. The van der Waals surface area contributed by atoms with Crippen molar-refractivity contribution in [2.75, 3.05) is 28.4 Å². The second-order valence-corrected chi connectivity index (χ2v) is 8.38. The van der Waals surface area contributed by atoms with E-state index >= 15 is 0 Å². The van der Waals surface area contributed by atoms with Crippen LogP contribution in [0.5, 0.6) is 23.0 Å². The molecule has 7 heteroatoms. The van der Waals surface area contributed by atoms with E-state index in [1.807, 2.05) is 48.5 Å². The second kappa shape index (κ2) is 8.75. The maximum Gasteiger partial charge on any atom is 0.257 e. The van der Waals surface area contributed by atoms with Crippen LogP contribution in [-0.2, 0) is 5.75 Å². The minimum Gasteiger partial charge on any atom is -0.493 e. The molecule has 0 spiro atoms. The number of nitrogens with zero attached hydrogens (tertiary/aromatic N) is 1. The highest BCUT2D eigenvalue weighted by Crippen LogP contribution is 2.42. The zero-order valence-electron chi connectivity index (χ0n) is 18.8. The molecule has 6 nitrogen and oxygen atoms in total. The number of rotatable bonds is 7. The van der Waals surface area contributed by atoms with Gasteiger partial charge in [-0.15, -0.1) is 0 Å². The average Bonchev–Trinajstić information content (AvgIpc) is 3.28. The van der Waals surface area contributed by atoms with Crippen LogP contribution >= 0.6 is 11.8 Å². The largest absolute Gasteiger partial charge is 0.493 e. The number of para-hydroxylation sites is 2. The van der Waals surface area contributed by atoms with Gasteiger partial charge in [-0.2, -0.15) is 0 Å². The molecule has 5 rings (SSSR count). The van der Waals surface area contributed by atoms with Gasteiger partial charge >= 0.3 is 0 Å². The normalized spacial score (nSPS) is 11.3. The standard InChI is InChI=1S/C26H23NO5S/c1-28-22-10-15-9-16(14-33-26-27-20-7-5-6-8-21(20)32-26)18-12-24(30-3)25(31-4)13-19(18)17(15)11-23(22)29-2/h5-13H,14H2,1-4H3. The van der Waals surface area contributed by atoms with Gasteiger partial charge in [-0.05, 0) is 69.6 Å². The summed E-state index contributed by atoms with van der Waals surface area (Å²) in [6, 6.07) is 18.0. The van der Waals surface area contributed by atoms with Crippen molar-refractivity contribution in [1.82, 2.24) is 4.98 Å². The van der Waals surface area contributed by atoms with Gasteiger partial charge < -0.3 is 23.4 Å². The van der Waals surface area contributed by atoms with Crippen molar-refractivity contribution in [2.24, 2.45) is 0 Å². The summed E-state index contributed by atoms with van der Waals surface area (Å²) in [4.78, 5) is 4.60. The molecule has 0 bridgehead atoms. The fraction of sp³-hybridized carbons (Fsp3) is 0.192. The Bertz CT molecular complexity index is 1440. The first-order chi connectivity index (χ1) is 16.1. The lowest BCUT2D eigenvalue weighted by molar-refractivity contribution is 0.355. The molecule has 0 radical (unpaired) electrons. The van der Waals surface area contributed by atoms with E-state index in [0.717, 1.165) is 38.2 Å². The number of benzene rings is 4. The van der Waals surface area contributed by atoms with E-state index in [9.17, 15) is 0 Å². The summed E-state index contributed by atoms with van der Waals surface area (Å²) in [5.41, 5.74) is 2.76. The molecule has 0 saturated heterocycles. The number of oxazole rings is 1. The Kier molecular flexibility index (Phi) is 5.64. The molecule has 0 aliphatic heterocycles. The van der Waals surface area contributed by atoms with Crippen molar-refractivity contribution < 1.29 is 23.4 Å². The molecule has 0 aliphatic rings. The van der Waals surface area contributed by atoms with Crippen LogP contribution in [0.3, 0.4) is 0 Å². The van der Waals surface area contributed by atoms with Crippen LogP contribution in [-0.4, -0.2) is 33.4 Å². The fourth-order valence-corrected chi connectivity index (χ4v) is 4.88. The molecule has 0 unspecified atom stereocenters. The van der Waals surface area contributed by atoms with E-state index in [-0.39, 0.29) is 0 Å². The van der Waals surface area contributed by atoms with Crippen LogP contribution in [0.25, 0.3) is 32.6 Å². The third-order valence-corrected chi connectivity index (χ3v) is 6.55. The monoisotopic (exact) mass is 461 g/mol. The van der Waals surface area contributed by atoms with E-state index in [1.54, 1.807) is 40.2 Å². The predicted octanol–water partition coefficient (Wildman–Crippen LogP) is 6.46. The molecule has 0 saturated carbocycles. The Balaban J connectivity index is 1.67. The minimum atomic E-state index is 0.636. The van der Waals surface area contributed by atoms with Gasteiger partial charge in [0.15, 0.2) is 28.6 Å². The van der Waals surface area contributed by atoms with Crippen molar-refractivity contribution in [1.29, 1.82) is 0 Å². The molecule has 168 valence electrons. The fourth-order valence-electron chi connectivity index (χ4n) is 4.05. The third-order valence-electron chi connectivity index (χ3n) is 5.67. The zero-order valence-corrected chi connectivity index (χ0v) is 19.6. The number of aromatic nitrogens is 1. The van der Waals surface area contributed by atoms with Crippen LogP contribution in [0, 0.1) is 0 Å². The summed E-state index contributed by atoms with van der Waals surface area (Å²) in [5, 5.41) is 4.83. The summed E-state index contributed by atoms with van der Waals surface area (Å²) >= 11 is 1.56. The summed E-state index contributed by atoms with van der Waals surface area (Å²) < 4.78 is 28.2. The van der Waals surface area contributed by atoms with Crippen molar-refractivity contribution in [2.45, 2.75) is 11.0 Å². The lowest BCUT2D eigenvalue weighted by atomic mass is 9.96. The molecule has 0 aliphatic carbocycles. The van der Waals surface area contributed by atoms with Gasteiger partial charge in [-0.25, -0.2) is 4.98 Å². The zero-order chi connectivity index (χ0) is 22.9. The number of hydrogen-bond donors (Lipinski definition) is 0. The first kappa shape index (κ1) is 21.3. The minimum absolute atomic E-state index is 0.636. The Labute approximate surface area is 195 Å². The highest BCUT2D eigenvalue weighted by molar-refractivity contribution is 7.98. The van der Waals surface area contributed by atoms with Crippen LogP contribution in [0.2, 0.25) is 0 Å². The third kappa shape index (κ3) is 3.78. The van der Waals surface area contributed by atoms with E-state index in [2.05, 4.69) is 11.1 Å². The van der Waals surface area contributed by atoms with Gasteiger partial charge in [0.25, 0.3) is 5.22 Å². The smallest absolute Gasteiger partial charge is 0.257 e. The van der Waals surface area contributed by atoms with E-state index in [0.29, 0.717) is 34.0 Å². The van der Waals surface area contributed by atoms with Gasteiger partial charge in [0, 0.05) is 5.75 Å². The molecule has 0 amide bonds. The molecule has 1 heterocycles. The van der Waals surface area contributed by atoms with E-state index < -0.39 is 0 Å². The van der Waals surface area contributed by atoms with Crippen molar-refractivity contribution in [3.8, 4) is 23.0 Å². The van der Waals surface area contributed by atoms with Crippen LogP contribution in [0.4, 0.5) is 0 Å². The summed E-state index contributed by atoms with van der Waals surface area (Å²) in [5.74, 6) is 3.38. The quantitative estimate of drug-likeness (QED) is 0.204. The number of fused-ring (bicyclic) bond motifs is 4. The lowest BCUT2D eigenvalue weighted by Gasteiger charge is -2.16. The molecule has 0 fully saturated rings. The maximum atomic E-state index is 5.91. The van der Waals surface area contributed by atoms with Crippen molar-refractivity contribution in [3.05, 3.63) is 60.2 Å². The summed E-state index contributed by atoms with van der Waals surface area (Å²) in [7, 11) is 6.57. The molecular formula is C26H23NO5S. The molecule has 0 atom stereocenters. The number of ether oxygens (including phenoxy) is 4. The maximum absolute atomic E-state index is 5.91. The van der Waals surface area contributed by atoms with Crippen molar-refractivity contribution >= 4 is 44.4 Å². The highest BCUT2D eigenvalue weighted by atomic mass is 32.2. The molecule has 0 N–H and O–H groups in total. The predicted molar refractivity (Wildman–Crippen MR) is 131 cm³/mol. The first-order valence-electron chi connectivity index (χ1n) is 10.4. The Morgan fingerprint density at radius 2 is 1.33 bits per heavy atom. The Hall–Kier alpha value is -3.58. The van der Waals surface area contributed by atoms with Crippen LogP contribution in [0.15, 0.2) is 64.2 Å². The number of thioether (sulfide) groups is 1. The van der Waals surface area contributed by atoms with Gasteiger partial charge in [-0.3, -0.25) is 0 Å². The molecular weight excluding hydrogens is 438 g/mol. The van der Waals surface area contributed by atoms with Gasteiger partial charge in [0.1, 0.15) is 5.52 Å². The van der Waals surface area contributed by atoms with Crippen LogP contribution < -0.4 is 18.9 Å². The summed E-state index contributed by atoms with van der Waals surface area (Å²) in [6.07, 6.45) is 0.